The number of rotatable bonds is 10. The molecule has 3 N–H and O–H groups in total. The Kier molecular flexibility index (Phi) is 10.6. The second kappa shape index (κ2) is 14.5. The van der Waals surface area contributed by atoms with Crippen LogP contribution in [0, 0.1) is 0 Å². The maximum atomic E-state index is 13.2. The van der Waals surface area contributed by atoms with Crippen LogP contribution in [0.3, 0.4) is 0 Å². The van der Waals surface area contributed by atoms with Gasteiger partial charge in [-0.3, -0.25) is 14.4 Å². The molecule has 0 aliphatic heterocycles. The lowest BCUT2D eigenvalue weighted by Gasteiger charge is -2.12. The standard InChI is InChI=1S/C31H25BrClN3O4S/c1-40-28-16-13-24(18-26(28)33)34-29(37)19-41-25-14-11-23(12-15-25)35-31(39)27(17-20-7-9-22(32)10-8-20)36-30(38)21-5-3-2-4-6-21/h2-18H,19H2,1H3,(H,34,37)(H,35,39)(H,36,38)/b27-17-. The number of thioether (sulfide) groups is 1. The van der Waals surface area contributed by atoms with E-state index in [2.05, 4.69) is 31.9 Å². The van der Waals surface area contributed by atoms with Crippen molar-refractivity contribution in [2.24, 2.45) is 0 Å². The lowest BCUT2D eigenvalue weighted by Crippen LogP contribution is -2.30. The molecule has 0 radical (unpaired) electrons. The van der Waals surface area contributed by atoms with Gasteiger partial charge in [0.1, 0.15) is 11.4 Å². The first-order valence-electron chi connectivity index (χ1n) is 12.3. The molecule has 4 aromatic carbocycles. The van der Waals surface area contributed by atoms with E-state index in [1.807, 2.05) is 30.3 Å². The smallest absolute Gasteiger partial charge is 0.272 e. The molecular formula is C31H25BrClN3O4S. The van der Waals surface area contributed by atoms with E-state index in [0.29, 0.717) is 27.7 Å². The van der Waals surface area contributed by atoms with Crippen molar-refractivity contribution in [1.29, 1.82) is 0 Å². The molecule has 7 nitrogen and oxygen atoms in total. The average molecular weight is 651 g/mol. The van der Waals surface area contributed by atoms with Crippen LogP contribution in [0.1, 0.15) is 15.9 Å². The Morgan fingerprint density at radius 2 is 1.56 bits per heavy atom. The molecule has 41 heavy (non-hydrogen) atoms. The third kappa shape index (κ3) is 8.97. The van der Waals surface area contributed by atoms with E-state index in [0.717, 1.165) is 14.9 Å². The molecule has 0 aliphatic carbocycles. The summed E-state index contributed by atoms with van der Waals surface area (Å²) in [6, 6.07) is 28.1. The minimum absolute atomic E-state index is 0.0925. The minimum atomic E-state index is -0.477. The summed E-state index contributed by atoms with van der Waals surface area (Å²) in [5.74, 6) is -0.353. The lowest BCUT2D eigenvalue weighted by atomic mass is 10.1. The largest absolute Gasteiger partial charge is 0.495 e. The predicted molar refractivity (Wildman–Crippen MR) is 168 cm³/mol. The van der Waals surface area contributed by atoms with Gasteiger partial charge < -0.3 is 20.7 Å². The lowest BCUT2D eigenvalue weighted by molar-refractivity contribution is -0.114. The Hall–Kier alpha value is -4.05. The predicted octanol–water partition coefficient (Wildman–Crippen LogP) is 7.25. The summed E-state index contributed by atoms with van der Waals surface area (Å²) in [4.78, 5) is 39.2. The van der Waals surface area contributed by atoms with Crippen molar-refractivity contribution in [2.75, 3.05) is 23.5 Å². The van der Waals surface area contributed by atoms with E-state index in [9.17, 15) is 14.4 Å². The van der Waals surface area contributed by atoms with Gasteiger partial charge in [-0.1, -0.05) is 57.9 Å². The Morgan fingerprint density at radius 1 is 0.878 bits per heavy atom. The van der Waals surface area contributed by atoms with Crippen molar-refractivity contribution in [3.8, 4) is 5.75 Å². The van der Waals surface area contributed by atoms with Gasteiger partial charge in [0.05, 0.1) is 17.9 Å². The van der Waals surface area contributed by atoms with Crippen LogP contribution in [0.25, 0.3) is 6.08 Å². The number of hydrogen-bond acceptors (Lipinski definition) is 5. The maximum Gasteiger partial charge on any atom is 0.272 e. The first kappa shape index (κ1) is 29.9. The van der Waals surface area contributed by atoms with Crippen LogP contribution in [0.2, 0.25) is 5.02 Å². The van der Waals surface area contributed by atoms with Crippen molar-refractivity contribution in [2.45, 2.75) is 4.90 Å². The molecule has 10 heteroatoms. The van der Waals surface area contributed by atoms with Crippen LogP contribution >= 0.6 is 39.3 Å². The third-order valence-corrected chi connectivity index (χ3v) is 7.46. The summed E-state index contributed by atoms with van der Waals surface area (Å²) in [6.07, 6.45) is 1.61. The SMILES string of the molecule is COc1ccc(NC(=O)CSc2ccc(NC(=O)/C(=C/c3ccc(Br)cc3)NC(=O)c3ccccc3)cc2)cc1Cl. The molecule has 4 aromatic rings. The van der Waals surface area contributed by atoms with E-state index in [4.69, 9.17) is 16.3 Å². The van der Waals surface area contributed by atoms with E-state index < -0.39 is 11.8 Å². The fraction of sp³-hybridized carbons (Fsp3) is 0.0645. The molecule has 0 bridgehead atoms. The van der Waals surface area contributed by atoms with Gasteiger partial charge in [0.15, 0.2) is 0 Å². The average Bonchev–Trinajstić information content (AvgIpc) is 2.98. The summed E-state index contributed by atoms with van der Waals surface area (Å²) >= 11 is 10.9. The number of carbonyl (C=O) groups excluding carboxylic acids is 3. The first-order valence-corrected chi connectivity index (χ1v) is 14.5. The Morgan fingerprint density at radius 3 is 2.22 bits per heavy atom. The van der Waals surface area contributed by atoms with Crippen molar-refractivity contribution < 1.29 is 19.1 Å². The van der Waals surface area contributed by atoms with Crippen LogP contribution < -0.4 is 20.7 Å². The van der Waals surface area contributed by atoms with Crippen molar-refractivity contribution in [3.05, 3.63) is 123 Å². The molecular weight excluding hydrogens is 626 g/mol. The molecule has 0 spiro atoms. The Bertz CT molecular complexity index is 1560. The monoisotopic (exact) mass is 649 g/mol. The molecule has 0 fully saturated rings. The number of benzene rings is 4. The van der Waals surface area contributed by atoms with Crippen LogP contribution in [0.4, 0.5) is 11.4 Å². The molecule has 0 aliphatic rings. The van der Waals surface area contributed by atoms with E-state index in [1.54, 1.807) is 72.8 Å². The van der Waals surface area contributed by atoms with Gasteiger partial charge in [-0.15, -0.1) is 11.8 Å². The fourth-order valence-electron chi connectivity index (χ4n) is 3.59. The maximum absolute atomic E-state index is 13.2. The molecule has 0 heterocycles. The zero-order valence-corrected chi connectivity index (χ0v) is 25.0. The first-order chi connectivity index (χ1) is 19.8. The Balaban J connectivity index is 1.38. The van der Waals surface area contributed by atoms with Gasteiger partial charge in [-0.25, -0.2) is 0 Å². The van der Waals surface area contributed by atoms with E-state index >= 15 is 0 Å². The summed E-state index contributed by atoms with van der Waals surface area (Å²) in [5.41, 5.74) is 2.38. The van der Waals surface area contributed by atoms with E-state index in [-0.39, 0.29) is 17.4 Å². The molecule has 0 atom stereocenters. The molecule has 0 aromatic heterocycles. The normalized spacial score (nSPS) is 11.0. The highest BCUT2D eigenvalue weighted by Crippen LogP contribution is 2.27. The number of halogens is 2. The van der Waals surface area contributed by atoms with E-state index in [1.165, 1.54) is 18.9 Å². The van der Waals surface area contributed by atoms with Gasteiger partial charge in [-0.2, -0.15) is 0 Å². The third-order valence-electron chi connectivity index (χ3n) is 5.63. The van der Waals surface area contributed by atoms with Gasteiger partial charge in [-0.05, 0) is 78.4 Å². The summed E-state index contributed by atoms with van der Waals surface area (Å²) in [7, 11) is 1.52. The van der Waals surface area contributed by atoms with Crippen LogP contribution in [-0.4, -0.2) is 30.6 Å². The number of nitrogens with one attached hydrogen (secondary N) is 3. The quantitative estimate of drug-likeness (QED) is 0.124. The molecule has 0 saturated heterocycles. The van der Waals surface area contributed by atoms with Gasteiger partial charge in [0.25, 0.3) is 11.8 Å². The van der Waals surface area contributed by atoms with Gasteiger partial charge in [0.2, 0.25) is 5.91 Å². The second-order valence-electron chi connectivity index (χ2n) is 8.59. The number of amides is 3. The van der Waals surface area contributed by atoms with Crippen LogP contribution in [-0.2, 0) is 9.59 Å². The zero-order chi connectivity index (χ0) is 29.2. The minimum Gasteiger partial charge on any atom is -0.495 e. The number of anilines is 2. The van der Waals surface area contributed by atoms with Crippen LogP contribution in [0.15, 0.2) is 112 Å². The Labute approximate surface area is 255 Å². The molecule has 0 unspecified atom stereocenters. The number of methoxy groups -OCH3 is 1. The van der Waals surface area contributed by atoms with Gasteiger partial charge in [0, 0.05) is 26.3 Å². The fourth-order valence-corrected chi connectivity index (χ4v) is 4.81. The molecule has 4 rings (SSSR count). The number of hydrogen-bond donors (Lipinski definition) is 3. The molecule has 3 amide bonds. The van der Waals surface area contributed by atoms with Crippen molar-refractivity contribution in [3.63, 3.8) is 0 Å². The number of ether oxygens (including phenoxy) is 1. The topological polar surface area (TPSA) is 96.5 Å². The van der Waals surface area contributed by atoms with Crippen molar-refractivity contribution in [1.82, 2.24) is 5.32 Å². The molecule has 0 saturated carbocycles. The second-order valence-corrected chi connectivity index (χ2v) is 11.0. The highest BCUT2D eigenvalue weighted by atomic mass is 79.9. The van der Waals surface area contributed by atoms with Crippen LogP contribution in [0.5, 0.6) is 5.75 Å². The summed E-state index contributed by atoms with van der Waals surface area (Å²) in [5, 5.41) is 8.76. The highest BCUT2D eigenvalue weighted by molar-refractivity contribution is 9.10. The number of carbonyl (C=O) groups is 3. The summed E-state index contributed by atoms with van der Waals surface area (Å²) < 4.78 is 6.02. The summed E-state index contributed by atoms with van der Waals surface area (Å²) in [6.45, 7) is 0. The van der Waals surface area contributed by atoms with Gasteiger partial charge >= 0.3 is 0 Å². The van der Waals surface area contributed by atoms with Crippen molar-refractivity contribution >= 4 is 74.5 Å². The molecule has 208 valence electrons. The highest BCUT2D eigenvalue weighted by Gasteiger charge is 2.15. The zero-order valence-electron chi connectivity index (χ0n) is 21.8.